The van der Waals surface area contributed by atoms with Gasteiger partial charge in [-0.1, -0.05) is 32.4 Å². The van der Waals surface area contributed by atoms with Gasteiger partial charge in [-0.05, 0) is 84.1 Å². The molecule has 2 aliphatic carbocycles. The molecule has 0 radical (unpaired) electrons. The van der Waals surface area contributed by atoms with Crippen LogP contribution in [0.5, 0.6) is 5.75 Å². The van der Waals surface area contributed by atoms with Crippen molar-refractivity contribution < 1.29 is 50.6 Å². The van der Waals surface area contributed by atoms with E-state index in [1.165, 1.54) is 24.5 Å². The fraction of sp³-hybridized carbons (Fsp3) is 0.641. The summed E-state index contributed by atoms with van der Waals surface area (Å²) < 4.78 is 78.1. The number of aromatic nitrogens is 2. The van der Waals surface area contributed by atoms with Gasteiger partial charge in [0.2, 0.25) is 21.8 Å². The Labute approximate surface area is 340 Å². The molecule has 3 fully saturated rings. The highest BCUT2D eigenvalue weighted by atomic mass is 32.2. The lowest BCUT2D eigenvalue weighted by atomic mass is 9.82. The highest BCUT2D eigenvalue weighted by Crippen LogP contribution is 2.48. The molecule has 3 N–H and O–H groups in total. The van der Waals surface area contributed by atoms with Crippen molar-refractivity contribution in [1.29, 1.82) is 0 Å². The molecular formula is C39H51F3N6O8S2. The van der Waals surface area contributed by atoms with Gasteiger partial charge < -0.3 is 20.1 Å². The number of allylic oxidation sites excluding steroid dienone is 1. The van der Waals surface area contributed by atoms with Crippen LogP contribution in [0.25, 0.3) is 10.7 Å². The van der Waals surface area contributed by atoms with E-state index >= 15 is 4.79 Å². The van der Waals surface area contributed by atoms with Gasteiger partial charge in [-0.25, -0.2) is 18.2 Å². The van der Waals surface area contributed by atoms with Gasteiger partial charge in [-0.3, -0.25) is 29.0 Å². The molecule has 2 aromatic heterocycles. The van der Waals surface area contributed by atoms with Crippen LogP contribution in [0.15, 0.2) is 35.9 Å². The van der Waals surface area contributed by atoms with Crippen LogP contribution in [-0.2, 0) is 24.4 Å². The van der Waals surface area contributed by atoms with E-state index in [-0.39, 0.29) is 43.0 Å². The number of aryl methyl sites for hydroxylation is 1. The standard InChI is InChI=1S/C39H51F3N6O8S2/c1-7-24-16-22(2)10-8-9-11-25-19-38(25,34(51)46-58(54,55)37(6)13-14-37)45-31(49)29-18-27(56-26-12-15-43-28(17-26)32-44-23(3)21-57-32)20-47(29)33(50)30(24)48(35(52)53)36(4,5)39(40,41)42/h9,11-12,15,17,21-22,24-25,27,29-30H,7-8,10,13-14,16,18-20H2,1-6H3,(H,45,49)(H,46,51)(H,52,53)/b11-9-/t22-,24-,25-,27-,29+,30+,38-/m1/s1. The third-order valence-electron chi connectivity index (χ3n) is 12.2. The molecule has 0 bridgehead atoms. The minimum Gasteiger partial charge on any atom is -0.488 e. The Balaban J connectivity index is 1.41. The van der Waals surface area contributed by atoms with Crippen molar-refractivity contribution in [2.45, 2.75) is 133 Å². The monoisotopic (exact) mass is 852 g/mol. The number of ether oxygens (including phenoxy) is 1. The molecule has 4 aliphatic rings. The lowest BCUT2D eigenvalue weighted by Crippen LogP contribution is -2.66. The maximum absolute atomic E-state index is 15.1. The minimum atomic E-state index is -5.08. The Morgan fingerprint density at radius 2 is 1.91 bits per heavy atom. The predicted molar refractivity (Wildman–Crippen MR) is 208 cm³/mol. The summed E-state index contributed by atoms with van der Waals surface area (Å²) in [7, 11) is -4.11. The van der Waals surface area contributed by atoms with Gasteiger partial charge in [0.15, 0.2) is 0 Å². The van der Waals surface area contributed by atoms with Gasteiger partial charge in [-0.2, -0.15) is 13.2 Å². The number of nitrogens with zero attached hydrogens (tertiary/aromatic N) is 4. The van der Waals surface area contributed by atoms with Crippen molar-refractivity contribution in [3.63, 3.8) is 0 Å². The average Bonchev–Trinajstić information content (AvgIpc) is 3.94. The number of hydrogen-bond donors (Lipinski definition) is 3. The Hall–Kier alpha value is -4.26. The van der Waals surface area contributed by atoms with Crippen LogP contribution in [0, 0.1) is 24.7 Å². The molecule has 318 valence electrons. The number of carboxylic acid groups (broad SMARTS) is 1. The van der Waals surface area contributed by atoms with Crippen LogP contribution >= 0.6 is 11.3 Å². The minimum absolute atomic E-state index is 0.0621. The number of sulfonamides is 1. The Morgan fingerprint density at radius 3 is 2.52 bits per heavy atom. The highest BCUT2D eigenvalue weighted by Gasteiger charge is 2.64. The number of hydrogen-bond acceptors (Lipinski definition) is 10. The zero-order chi connectivity index (χ0) is 42.6. The maximum atomic E-state index is 15.1. The molecule has 4 heterocycles. The summed E-state index contributed by atoms with van der Waals surface area (Å²) in [4.78, 5) is 66.7. The van der Waals surface area contributed by atoms with E-state index in [2.05, 4.69) is 20.0 Å². The summed E-state index contributed by atoms with van der Waals surface area (Å²) in [6, 6.07) is -0.113. The average molecular weight is 853 g/mol. The largest absolute Gasteiger partial charge is 0.488 e. The Bertz CT molecular complexity index is 2070. The molecule has 2 aliphatic heterocycles. The lowest BCUT2D eigenvalue weighted by Gasteiger charge is -2.46. The van der Waals surface area contributed by atoms with Crippen molar-refractivity contribution >= 4 is 45.2 Å². The van der Waals surface area contributed by atoms with E-state index in [9.17, 15) is 41.1 Å². The van der Waals surface area contributed by atoms with Gasteiger partial charge in [0.05, 0.1) is 11.3 Å². The summed E-state index contributed by atoms with van der Waals surface area (Å²) in [6.07, 6.45) is -0.955. The van der Waals surface area contributed by atoms with Crippen molar-refractivity contribution in [1.82, 2.24) is 29.8 Å². The molecule has 2 saturated carbocycles. The first kappa shape index (κ1) is 43.3. The summed E-state index contributed by atoms with van der Waals surface area (Å²) in [5.74, 6) is -4.15. The summed E-state index contributed by atoms with van der Waals surface area (Å²) in [5.41, 5.74) is -3.44. The number of pyridine rings is 1. The molecule has 0 unspecified atom stereocenters. The molecule has 19 heteroatoms. The van der Waals surface area contributed by atoms with Crippen molar-refractivity contribution in [2.75, 3.05) is 6.54 Å². The van der Waals surface area contributed by atoms with Gasteiger partial charge in [0, 0.05) is 35.7 Å². The zero-order valence-corrected chi connectivity index (χ0v) is 35.0. The number of amides is 4. The van der Waals surface area contributed by atoms with Crippen LogP contribution in [0.4, 0.5) is 18.0 Å². The molecular weight excluding hydrogens is 802 g/mol. The van der Waals surface area contributed by atoms with Crippen molar-refractivity contribution in [3.8, 4) is 16.5 Å². The second kappa shape index (κ2) is 15.7. The quantitative estimate of drug-likeness (QED) is 0.259. The Kier molecular flexibility index (Phi) is 11.7. The first-order valence-electron chi connectivity index (χ1n) is 19.5. The van der Waals surface area contributed by atoms with Crippen LogP contribution in [0.2, 0.25) is 0 Å². The SMILES string of the molecule is CC[C@@H]1C[C@H](C)CC/C=C\[C@@H]2C[C@@]2(C(=O)NS(=O)(=O)C2(C)CC2)NC(=O)[C@@H]2C[C@@H](Oc3ccnc(-c4nc(C)cs4)c3)CN2C(=O)[C@H]1N(C(=O)O)C(C)(C)C(F)(F)F. The first-order valence-corrected chi connectivity index (χ1v) is 21.9. The van der Waals surface area contributed by atoms with E-state index in [1.54, 1.807) is 25.1 Å². The van der Waals surface area contributed by atoms with E-state index in [0.717, 1.165) is 10.6 Å². The van der Waals surface area contributed by atoms with Crippen LogP contribution in [0.3, 0.4) is 0 Å². The number of fused-ring (bicyclic) bond motifs is 2. The van der Waals surface area contributed by atoms with Gasteiger partial charge >= 0.3 is 12.3 Å². The van der Waals surface area contributed by atoms with Crippen LogP contribution in [0.1, 0.15) is 91.7 Å². The normalized spacial score (nSPS) is 29.5. The van der Waals surface area contributed by atoms with Gasteiger partial charge in [0.1, 0.15) is 45.7 Å². The lowest BCUT2D eigenvalue weighted by molar-refractivity contribution is -0.222. The summed E-state index contributed by atoms with van der Waals surface area (Å²) >= 11 is 1.37. The molecule has 0 spiro atoms. The van der Waals surface area contributed by atoms with Crippen molar-refractivity contribution in [3.05, 3.63) is 41.6 Å². The molecule has 1 saturated heterocycles. The molecule has 58 heavy (non-hydrogen) atoms. The first-order chi connectivity index (χ1) is 27.0. The van der Waals surface area contributed by atoms with Gasteiger partial charge in [-0.15, -0.1) is 11.3 Å². The van der Waals surface area contributed by atoms with E-state index in [4.69, 9.17) is 4.74 Å². The number of thiazole rings is 1. The predicted octanol–water partition coefficient (Wildman–Crippen LogP) is 5.83. The van der Waals surface area contributed by atoms with Gasteiger partial charge in [0.25, 0.3) is 5.91 Å². The topological polar surface area (TPSA) is 188 Å². The fourth-order valence-electron chi connectivity index (χ4n) is 8.04. The van der Waals surface area contributed by atoms with E-state index in [1.807, 2.05) is 25.3 Å². The number of nitrogens with one attached hydrogen (secondary N) is 2. The maximum Gasteiger partial charge on any atom is 0.411 e. The van der Waals surface area contributed by atoms with Crippen LogP contribution in [-0.4, -0.2) is 104 Å². The number of carbonyl (C=O) groups excluding carboxylic acids is 3. The number of rotatable bonds is 9. The van der Waals surface area contributed by atoms with Crippen molar-refractivity contribution in [2.24, 2.45) is 17.8 Å². The van der Waals surface area contributed by atoms with Crippen LogP contribution < -0.4 is 14.8 Å². The number of carbonyl (C=O) groups is 4. The molecule has 7 atom stereocenters. The molecule has 14 nitrogen and oxygen atoms in total. The number of halogens is 3. The molecule has 4 amide bonds. The number of alkyl halides is 3. The zero-order valence-electron chi connectivity index (χ0n) is 33.3. The van der Waals surface area contributed by atoms with E-state index in [0.29, 0.717) is 56.0 Å². The second-order valence-electron chi connectivity index (χ2n) is 17.0. The Morgan fingerprint density at radius 1 is 1.21 bits per heavy atom. The third-order valence-corrected chi connectivity index (χ3v) is 15.4. The van der Waals surface area contributed by atoms with E-state index < -0.39 is 85.9 Å². The molecule has 2 aromatic rings. The highest BCUT2D eigenvalue weighted by molar-refractivity contribution is 7.91. The second-order valence-corrected chi connectivity index (χ2v) is 20.0. The summed E-state index contributed by atoms with van der Waals surface area (Å²) in [5, 5.41) is 15.7. The smallest absolute Gasteiger partial charge is 0.411 e. The third kappa shape index (κ3) is 8.43. The molecule has 6 rings (SSSR count). The summed E-state index contributed by atoms with van der Waals surface area (Å²) in [6.45, 7) is 8.01. The molecule has 0 aromatic carbocycles. The fourth-order valence-corrected chi connectivity index (χ4v) is 10.1.